The number of rotatable bonds is 5. The minimum Gasteiger partial charge on any atom is -0.445 e. The first-order valence-corrected chi connectivity index (χ1v) is 9.67. The minimum atomic E-state index is -0.487. The molecule has 0 radical (unpaired) electrons. The summed E-state index contributed by atoms with van der Waals surface area (Å²) < 4.78 is 10.7. The fourth-order valence-electron chi connectivity index (χ4n) is 3.19. The van der Waals surface area contributed by atoms with Gasteiger partial charge in [0, 0.05) is 19.6 Å². The van der Waals surface area contributed by atoms with E-state index in [0.717, 1.165) is 18.4 Å². The van der Waals surface area contributed by atoms with E-state index in [1.807, 2.05) is 51.1 Å². The van der Waals surface area contributed by atoms with E-state index in [1.54, 1.807) is 4.90 Å². The molecule has 0 aromatic heterocycles. The number of carbonyl (C=O) groups is 2. The highest BCUT2D eigenvalue weighted by molar-refractivity contribution is 5.68. The summed E-state index contributed by atoms with van der Waals surface area (Å²) >= 11 is 0. The van der Waals surface area contributed by atoms with Gasteiger partial charge in [0.15, 0.2) is 0 Å². The van der Waals surface area contributed by atoms with Gasteiger partial charge in [-0.15, -0.1) is 0 Å². The molecule has 1 atom stereocenters. The lowest BCUT2D eigenvalue weighted by Crippen LogP contribution is -2.42. The van der Waals surface area contributed by atoms with Crippen molar-refractivity contribution in [3.05, 3.63) is 35.9 Å². The lowest BCUT2D eigenvalue weighted by molar-refractivity contribution is 0.0505. The van der Waals surface area contributed by atoms with Gasteiger partial charge in [0.25, 0.3) is 0 Å². The summed E-state index contributed by atoms with van der Waals surface area (Å²) in [6.45, 7) is 9.94. The Morgan fingerprint density at radius 1 is 1.19 bits per heavy atom. The third-order valence-electron chi connectivity index (χ3n) is 4.77. The number of nitrogens with zero attached hydrogens (tertiary/aromatic N) is 1. The molecule has 1 unspecified atom stereocenters. The van der Waals surface area contributed by atoms with Crippen LogP contribution in [-0.4, -0.2) is 42.3 Å². The van der Waals surface area contributed by atoms with E-state index in [1.165, 1.54) is 0 Å². The molecule has 1 fully saturated rings. The molecule has 6 nitrogen and oxygen atoms in total. The fourth-order valence-corrected chi connectivity index (χ4v) is 3.19. The highest BCUT2D eigenvalue weighted by Crippen LogP contribution is 2.25. The maximum atomic E-state index is 12.2. The molecule has 150 valence electrons. The number of carbonyl (C=O) groups excluding carboxylic acids is 2. The third kappa shape index (κ3) is 7.49. The number of alkyl carbamates (subject to hydrolysis) is 1. The molecule has 1 aliphatic heterocycles. The van der Waals surface area contributed by atoms with Crippen molar-refractivity contribution >= 4 is 12.2 Å². The first-order valence-electron chi connectivity index (χ1n) is 9.67. The molecule has 6 heteroatoms. The molecule has 1 aliphatic rings. The van der Waals surface area contributed by atoms with Crippen LogP contribution in [0.15, 0.2) is 30.3 Å². The van der Waals surface area contributed by atoms with E-state index in [0.29, 0.717) is 38.1 Å². The third-order valence-corrected chi connectivity index (χ3v) is 4.77. The molecule has 1 aromatic rings. The van der Waals surface area contributed by atoms with Crippen molar-refractivity contribution < 1.29 is 19.1 Å². The zero-order valence-electron chi connectivity index (χ0n) is 16.9. The Bertz CT molecular complexity index is 604. The van der Waals surface area contributed by atoms with E-state index >= 15 is 0 Å². The Hall–Kier alpha value is -2.24. The van der Waals surface area contributed by atoms with Gasteiger partial charge >= 0.3 is 12.2 Å². The summed E-state index contributed by atoms with van der Waals surface area (Å²) in [7, 11) is 0. The fraction of sp³-hybridized carbons (Fsp3) is 0.619. The molecule has 0 saturated carbocycles. The zero-order chi connectivity index (χ0) is 19.9. The van der Waals surface area contributed by atoms with Gasteiger partial charge in [0.2, 0.25) is 0 Å². The summed E-state index contributed by atoms with van der Waals surface area (Å²) in [5.74, 6) is 0.804. The normalized spacial score (nSPS) is 16.5. The Kier molecular flexibility index (Phi) is 7.51. The smallest absolute Gasteiger partial charge is 0.410 e. The van der Waals surface area contributed by atoms with Crippen molar-refractivity contribution in [1.29, 1.82) is 0 Å². The van der Waals surface area contributed by atoms with Crippen molar-refractivity contribution in [2.75, 3.05) is 19.6 Å². The SMILES string of the molecule is CC(CNC(=O)OC(C)(C)C)C1CCN(C(=O)OCc2ccccc2)CC1. The number of ether oxygens (including phenoxy) is 2. The Labute approximate surface area is 162 Å². The first-order chi connectivity index (χ1) is 12.7. The van der Waals surface area contributed by atoms with Gasteiger partial charge in [-0.2, -0.15) is 0 Å². The molecular formula is C21H32N2O4. The molecule has 2 rings (SSSR count). The van der Waals surface area contributed by atoms with Gasteiger partial charge < -0.3 is 19.7 Å². The second kappa shape index (κ2) is 9.62. The zero-order valence-corrected chi connectivity index (χ0v) is 16.9. The number of hydrogen-bond acceptors (Lipinski definition) is 4. The largest absolute Gasteiger partial charge is 0.445 e. The molecule has 1 saturated heterocycles. The molecule has 1 aromatic carbocycles. The lowest BCUT2D eigenvalue weighted by atomic mass is 9.85. The van der Waals surface area contributed by atoms with Crippen LogP contribution in [0.3, 0.4) is 0 Å². The lowest BCUT2D eigenvalue weighted by Gasteiger charge is -2.34. The number of likely N-dealkylation sites (tertiary alicyclic amines) is 1. The number of hydrogen-bond donors (Lipinski definition) is 1. The minimum absolute atomic E-state index is 0.253. The van der Waals surface area contributed by atoms with Crippen LogP contribution >= 0.6 is 0 Å². The number of amides is 2. The Morgan fingerprint density at radius 2 is 1.81 bits per heavy atom. The van der Waals surface area contributed by atoms with Crippen LogP contribution in [0.1, 0.15) is 46.1 Å². The van der Waals surface area contributed by atoms with Gasteiger partial charge in [0.1, 0.15) is 12.2 Å². The summed E-state index contributed by atoms with van der Waals surface area (Å²) in [6.07, 6.45) is 1.20. The van der Waals surface area contributed by atoms with E-state index in [-0.39, 0.29) is 12.2 Å². The number of benzene rings is 1. The second-order valence-electron chi connectivity index (χ2n) is 8.22. The number of piperidine rings is 1. The van der Waals surface area contributed by atoms with E-state index in [4.69, 9.17) is 9.47 Å². The molecule has 1 N–H and O–H groups in total. The van der Waals surface area contributed by atoms with Gasteiger partial charge in [-0.1, -0.05) is 37.3 Å². The topological polar surface area (TPSA) is 67.9 Å². The average molecular weight is 376 g/mol. The molecular weight excluding hydrogens is 344 g/mol. The average Bonchev–Trinajstić information content (AvgIpc) is 2.64. The standard InChI is InChI=1S/C21H32N2O4/c1-16(14-22-19(24)27-21(2,3)4)18-10-12-23(13-11-18)20(25)26-15-17-8-6-5-7-9-17/h5-9,16,18H,10-15H2,1-4H3,(H,22,24). The van der Waals surface area contributed by atoms with E-state index < -0.39 is 5.60 Å². The summed E-state index contributed by atoms with van der Waals surface area (Å²) in [5.41, 5.74) is 0.501. The molecule has 0 aliphatic carbocycles. The monoisotopic (exact) mass is 376 g/mol. The predicted molar refractivity (Wildman–Crippen MR) is 104 cm³/mol. The van der Waals surface area contributed by atoms with Gasteiger partial charge in [-0.05, 0) is 51.0 Å². The summed E-state index contributed by atoms with van der Waals surface area (Å²) in [5, 5.41) is 2.84. The van der Waals surface area contributed by atoms with Crippen LogP contribution in [0.4, 0.5) is 9.59 Å². The highest BCUT2D eigenvalue weighted by atomic mass is 16.6. The molecule has 0 spiro atoms. The molecule has 2 amide bonds. The first kappa shape index (κ1) is 21.1. The van der Waals surface area contributed by atoms with Crippen LogP contribution in [0.5, 0.6) is 0 Å². The quantitative estimate of drug-likeness (QED) is 0.836. The maximum Gasteiger partial charge on any atom is 0.410 e. The van der Waals surface area contributed by atoms with E-state index in [9.17, 15) is 9.59 Å². The van der Waals surface area contributed by atoms with Crippen molar-refractivity contribution in [2.24, 2.45) is 11.8 Å². The number of nitrogens with one attached hydrogen (secondary N) is 1. The van der Waals surface area contributed by atoms with Crippen LogP contribution in [0.2, 0.25) is 0 Å². The van der Waals surface area contributed by atoms with Gasteiger partial charge in [0.05, 0.1) is 0 Å². The summed E-state index contributed by atoms with van der Waals surface area (Å²) in [6, 6.07) is 9.69. The van der Waals surface area contributed by atoms with Crippen molar-refractivity contribution in [1.82, 2.24) is 10.2 Å². The van der Waals surface area contributed by atoms with Crippen molar-refractivity contribution in [2.45, 2.75) is 52.7 Å². The van der Waals surface area contributed by atoms with Crippen molar-refractivity contribution in [3.63, 3.8) is 0 Å². The van der Waals surface area contributed by atoms with Crippen molar-refractivity contribution in [3.8, 4) is 0 Å². The van der Waals surface area contributed by atoms with Crippen LogP contribution < -0.4 is 5.32 Å². The Morgan fingerprint density at radius 3 is 2.41 bits per heavy atom. The van der Waals surface area contributed by atoms with Crippen LogP contribution in [-0.2, 0) is 16.1 Å². The highest BCUT2D eigenvalue weighted by Gasteiger charge is 2.27. The van der Waals surface area contributed by atoms with Gasteiger partial charge in [-0.3, -0.25) is 0 Å². The predicted octanol–water partition coefficient (Wildman–Crippen LogP) is 4.20. The molecule has 0 bridgehead atoms. The van der Waals surface area contributed by atoms with E-state index in [2.05, 4.69) is 12.2 Å². The van der Waals surface area contributed by atoms with Crippen LogP contribution in [0, 0.1) is 11.8 Å². The van der Waals surface area contributed by atoms with Gasteiger partial charge in [-0.25, -0.2) is 9.59 Å². The second-order valence-corrected chi connectivity index (χ2v) is 8.22. The Balaban J connectivity index is 1.68. The molecule has 27 heavy (non-hydrogen) atoms. The maximum absolute atomic E-state index is 12.2. The van der Waals surface area contributed by atoms with Crippen LogP contribution in [0.25, 0.3) is 0 Å². The summed E-state index contributed by atoms with van der Waals surface area (Å²) in [4.78, 5) is 25.8. The molecule has 1 heterocycles.